The normalized spacial score (nSPS) is 28.5. The van der Waals surface area contributed by atoms with Gasteiger partial charge in [0.05, 0.1) is 11.7 Å². The molecule has 1 unspecified atom stereocenters. The van der Waals surface area contributed by atoms with E-state index in [0.717, 1.165) is 23.9 Å². The van der Waals surface area contributed by atoms with Gasteiger partial charge in [-0.3, -0.25) is 4.90 Å². The maximum Gasteiger partial charge on any atom is 0.154 e. The zero-order valence-electron chi connectivity index (χ0n) is 9.16. The molecule has 0 spiro atoms. The van der Waals surface area contributed by atoms with Crippen molar-refractivity contribution in [2.75, 3.05) is 13.1 Å². The van der Waals surface area contributed by atoms with Crippen LogP contribution < -0.4 is 0 Å². The first kappa shape index (κ1) is 9.71. The first-order valence-corrected chi connectivity index (χ1v) is 5.38. The summed E-state index contributed by atoms with van der Waals surface area (Å²) in [7, 11) is 0. The summed E-state index contributed by atoms with van der Waals surface area (Å²) in [6, 6.07) is 2.52. The molecule has 0 bridgehead atoms. The quantitative estimate of drug-likeness (QED) is 0.724. The average molecular weight is 194 g/mol. The predicted octanol–water partition coefficient (Wildman–Crippen LogP) is 2.39. The summed E-state index contributed by atoms with van der Waals surface area (Å²) in [6.45, 7) is 8.75. The minimum Gasteiger partial charge on any atom is -0.359 e. The van der Waals surface area contributed by atoms with E-state index in [4.69, 9.17) is 4.52 Å². The molecule has 0 N–H and O–H groups in total. The van der Waals surface area contributed by atoms with Crippen LogP contribution in [0.25, 0.3) is 0 Å². The summed E-state index contributed by atoms with van der Waals surface area (Å²) in [5.74, 6) is 1.80. The van der Waals surface area contributed by atoms with E-state index in [9.17, 15) is 0 Å². The van der Waals surface area contributed by atoms with Crippen molar-refractivity contribution in [3.8, 4) is 0 Å². The second-order valence-corrected chi connectivity index (χ2v) is 4.31. The van der Waals surface area contributed by atoms with E-state index in [1.54, 1.807) is 0 Å². The van der Waals surface area contributed by atoms with Gasteiger partial charge in [-0.2, -0.15) is 0 Å². The van der Waals surface area contributed by atoms with Crippen LogP contribution in [0.4, 0.5) is 0 Å². The molecule has 2 atom stereocenters. The topological polar surface area (TPSA) is 29.3 Å². The lowest BCUT2D eigenvalue weighted by Gasteiger charge is -2.19. The lowest BCUT2D eigenvalue weighted by molar-refractivity contribution is 0.222. The fraction of sp³-hybridized carbons (Fsp3) is 0.727. The van der Waals surface area contributed by atoms with E-state index < -0.39 is 0 Å². The SMILES string of the molecule is CCN1C[C@@H](C)CC1c1cc(C)no1. The van der Waals surface area contributed by atoms with Gasteiger partial charge in [0.15, 0.2) is 5.76 Å². The third-order valence-electron chi connectivity index (χ3n) is 2.99. The maximum absolute atomic E-state index is 5.34. The molecular formula is C11H18N2O. The molecule has 1 aliphatic rings. The molecule has 1 aromatic heterocycles. The molecule has 1 aliphatic heterocycles. The van der Waals surface area contributed by atoms with Gasteiger partial charge >= 0.3 is 0 Å². The Bertz CT molecular complexity index is 308. The zero-order chi connectivity index (χ0) is 10.1. The highest BCUT2D eigenvalue weighted by Crippen LogP contribution is 2.34. The van der Waals surface area contributed by atoms with E-state index in [-0.39, 0.29) is 0 Å². The monoisotopic (exact) mass is 194 g/mol. The van der Waals surface area contributed by atoms with Crippen LogP contribution in [0.3, 0.4) is 0 Å². The summed E-state index contributed by atoms with van der Waals surface area (Å²) >= 11 is 0. The number of aromatic nitrogens is 1. The highest BCUT2D eigenvalue weighted by molar-refractivity contribution is 5.10. The second-order valence-electron chi connectivity index (χ2n) is 4.31. The van der Waals surface area contributed by atoms with Crippen LogP contribution in [0.5, 0.6) is 0 Å². The van der Waals surface area contributed by atoms with Gasteiger partial charge in [0, 0.05) is 12.6 Å². The number of likely N-dealkylation sites (tertiary alicyclic amines) is 1. The molecule has 0 radical (unpaired) electrons. The zero-order valence-corrected chi connectivity index (χ0v) is 9.16. The van der Waals surface area contributed by atoms with Crippen LogP contribution >= 0.6 is 0 Å². The molecule has 2 heterocycles. The molecule has 0 amide bonds. The molecule has 2 rings (SSSR count). The lowest BCUT2D eigenvalue weighted by atomic mass is 10.1. The van der Waals surface area contributed by atoms with Crippen molar-refractivity contribution in [2.45, 2.75) is 33.2 Å². The highest BCUT2D eigenvalue weighted by Gasteiger charge is 2.31. The molecular weight excluding hydrogens is 176 g/mol. The Morgan fingerprint density at radius 2 is 2.43 bits per heavy atom. The number of aryl methyl sites for hydroxylation is 1. The molecule has 3 nitrogen and oxygen atoms in total. The molecule has 0 aromatic carbocycles. The van der Waals surface area contributed by atoms with Crippen LogP contribution in [0.15, 0.2) is 10.6 Å². The van der Waals surface area contributed by atoms with Crippen molar-refractivity contribution >= 4 is 0 Å². The molecule has 78 valence electrons. The number of hydrogen-bond donors (Lipinski definition) is 0. The van der Waals surface area contributed by atoms with Gasteiger partial charge in [-0.05, 0) is 25.8 Å². The van der Waals surface area contributed by atoms with Crippen molar-refractivity contribution in [3.63, 3.8) is 0 Å². The largest absolute Gasteiger partial charge is 0.359 e. The maximum atomic E-state index is 5.34. The fourth-order valence-corrected chi connectivity index (χ4v) is 2.32. The van der Waals surface area contributed by atoms with E-state index in [1.807, 2.05) is 6.92 Å². The Morgan fingerprint density at radius 1 is 1.64 bits per heavy atom. The van der Waals surface area contributed by atoms with Crippen molar-refractivity contribution in [1.82, 2.24) is 10.1 Å². The fourth-order valence-electron chi connectivity index (χ4n) is 2.32. The smallest absolute Gasteiger partial charge is 0.154 e. The Morgan fingerprint density at radius 3 is 3.00 bits per heavy atom. The minimum atomic E-state index is 0.455. The van der Waals surface area contributed by atoms with Crippen molar-refractivity contribution in [3.05, 3.63) is 17.5 Å². The molecule has 0 saturated carbocycles. The van der Waals surface area contributed by atoms with Gasteiger partial charge in [-0.25, -0.2) is 0 Å². The highest BCUT2D eigenvalue weighted by atomic mass is 16.5. The standard InChI is InChI=1S/C11H18N2O/c1-4-13-7-8(2)5-10(13)11-6-9(3)12-14-11/h6,8,10H,4-5,7H2,1-3H3/t8-,10?/m0/s1. The molecule has 0 aliphatic carbocycles. The minimum absolute atomic E-state index is 0.455. The molecule has 14 heavy (non-hydrogen) atoms. The summed E-state index contributed by atoms with van der Waals surface area (Å²) in [5.41, 5.74) is 0.982. The lowest BCUT2D eigenvalue weighted by Crippen LogP contribution is -2.22. The van der Waals surface area contributed by atoms with Gasteiger partial charge < -0.3 is 4.52 Å². The van der Waals surface area contributed by atoms with Crippen LogP contribution in [-0.2, 0) is 0 Å². The summed E-state index contributed by atoms with van der Waals surface area (Å²) in [4.78, 5) is 2.46. The first-order chi connectivity index (χ1) is 6.70. The predicted molar refractivity (Wildman–Crippen MR) is 55.0 cm³/mol. The summed E-state index contributed by atoms with van der Waals surface area (Å²) in [5, 5.41) is 3.95. The van der Waals surface area contributed by atoms with E-state index in [0.29, 0.717) is 6.04 Å². The van der Waals surface area contributed by atoms with Crippen LogP contribution in [0.2, 0.25) is 0 Å². The van der Waals surface area contributed by atoms with Crippen LogP contribution in [0, 0.1) is 12.8 Å². The van der Waals surface area contributed by atoms with Gasteiger partial charge in [0.1, 0.15) is 0 Å². The molecule has 3 heteroatoms. The summed E-state index contributed by atoms with van der Waals surface area (Å²) in [6.07, 6.45) is 1.20. The van der Waals surface area contributed by atoms with E-state index in [2.05, 4.69) is 30.0 Å². The van der Waals surface area contributed by atoms with Gasteiger partial charge in [0.25, 0.3) is 0 Å². The molecule has 1 saturated heterocycles. The first-order valence-electron chi connectivity index (χ1n) is 5.38. The second kappa shape index (κ2) is 3.73. The third kappa shape index (κ3) is 1.69. The molecule has 1 fully saturated rings. The van der Waals surface area contributed by atoms with Crippen molar-refractivity contribution < 1.29 is 4.52 Å². The van der Waals surface area contributed by atoms with E-state index >= 15 is 0 Å². The molecule has 1 aromatic rings. The van der Waals surface area contributed by atoms with Gasteiger partial charge in [-0.1, -0.05) is 19.0 Å². The van der Waals surface area contributed by atoms with Gasteiger partial charge in [-0.15, -0.1) is 0 Å². The van der Waals surface area contributed by atoms with Crippen LogP contribution in [-0.4, -0.2) is 23.1 Å². The average Bonchev–Trinajstić information content (AvgIpc) is 2.71. The Balaban J connectivity index is 2.17. The van der Waals surface area contributed by atoms with Crippen molar-refractivity contribution in [1.29, 1.82) is 0 Å². The number of rotatable bonds is 2. The van der Waals surface area contributed by atoms with Crippen molar-refractivity contribution in [2.24, 2.45) is 5.92 Å². The van der Waals surface area contributed by atoms with Crippen LogP contribution in [0.1, 0.15) is 37.8 Å². The van der Waals surface area contributed by atoms with E-state index in [1.165, 1.54) is 13.0 Å². The van der Waals surface area contributed by atoms with Gasteiger partial charge in [0.2, 0.25) is 0 Å². The number of hydrogen-bond acceptors (Lipinski definition) is 3. The Hall–Kier alpha value is -0.830. The number of nitrogens with zero attached hydrogens (tertiary/aromatic N) is 2. The Kier molecular flexibility index (Phi) is 2.59. The Labute approximate surface area is 85.1 Å². The third-order valence-corrected chi connectivity index (χ3v) is 2.99. The summed E-state index contributed by atoms with van der Waals surface area (Å²) < 4.78 is 5.34.